The van der Waals surface area contributed by atoms with Crippen LogP contribution in [0.3, 0.4) is 0 Å². The summed E-state index contributed by atoms with van der Waals surface area (Å²) >= 11 is 0. The zero-order chi connectivity index (χ0) is 8.81. The highest BCUT2D eigenvalue weighted by atomic mass is 16.5. The molecule has 0 N–H and O–H groups in total. The summed E-state index contributed by atoms with van der Waals surface area (Å²) in [4.78, 5) is 0. The van der Waals surface area contributed by atoms with Crippen LogP contribution in [0.4, 0.5) is 0 Å². The number of para-hydroxylation sites is 1. The van der Waals surface area contributed by atoms with Crippen molar-refractivity contribution >= 4 is 0 Å². The molecule has 0 aromatic heterocycles. The monoisotopic (exact) mass is 165 g/mol. The van der Waals surface area contributed by atoms with Gasteiger partial charge in [0.05, 0.1) is 6.61 Å². The summed E-state index contributed by atoms with van der Waals surface area (Å²) in [6.45, 7) is 2.51. The Kier molecular flexibility index (Phi) is 3.61. The summed E-state index contributed by atoms with van der Waals surface area (Å²) in [5.41, 5.74) is 0.742. The maximum atomic E-state index is 10.6. The second kappa shape index (κ2) is 4.78. The standard InChI is InChI=1S/C10H13O2/c1-2-7-12-10-6-4-3-5-9(10)8-11/h3-6H,2,7-8H2,1H3. The van der Waals surface area contributed by atoms with Crippen molar-refractivity contribution in [2.24, 2.45) is 0 Å². The van der Waals surface area contributed by atoms with E-state index >= 15 is 0 Å². The Bertz CT molecular complexity index is 233. The van der Waals surface area contributed by atoms with Crippen LogP contribution in [-0.2, 0) is 11.7 Å². The topological polar surface area (TPSA) is 29.1 Å². The molecule has 0 saturated heterocycles. The Labute approximate surface area is 72.8 Å². The third-order valence-corrected chi connectivity index (χ3v) is 1.59. The highest BCUT2D eigenvalue weighted by Gasteiger charge is 1.99. The van der Waals surface area contributed by atoms with Gasteiger partial charge in [-0.15, -0.1) is 0 Å². The van der Waals surface area contributed by atoms with E-state index in [1.54, 1.807) is 6.07 Å². The summed E-state index contributed by atoms with van der Waals surface area (Å²) in [5.74, 6) is 0.731. The SMILES string of the molecule is CCCOc1ccccc1C[O]. The van der Waals surface area contributed by atoms with Crippen molar-refractivity contribution in [3.63, 3.8) is 0 Å². The van der Waals surface area contributed by atoms with Gasteiger partial charge in [-0.05, 0) is 12.5 Å². The number of rotatable bonds is 4. The molecule has 2 heteroatoms. The summed E-state index contributed by atoms with van der Waals surface area (Å²) in [6, 6.07) is 7.37. The largest absolute Gasteiger partial charge is 0.493 e. The van der Waals surface area contributed by atoms with Gasteiger partial charge in [-0.3, -0.25) is 0 Å². The van der Waals surface area contributed by atoms with Crippen molar-refractivity contribution in [3.8, 4) is 5.75 Å². The van der Waals surface area contributed by atoms with Crippen LogP contribution in [-0.4, -0.2) is 6.61 Å². The highest BCUT2D eigenvalue weighted by Crippen LogP contribution is 2.17. The Morgan fingerprint density at radius 2 is 2.08 bits per heavy atom. The van der Waals surface area contributed by atoms with Gasteiger partial charge in [0.1, 0.15) is 12.4 Å². The zero-order valence-electron chi connectivity index (χ0n) is 7.25. The average molecular weight is 165 g/mol. The summed E-state index contributed by atoms with van der Waals surface area (Å²) in [7, 11) is 0. The van der Waals surface area contributed by atoms with Crippen LogP contribution < -0.4 is 4.74 Å². The van der Waals surface area contributed by atoms with Crippen LogP contribution in [0, 0.1) is 0 Å². The van der Waals surface area contributed by atoms with Crippen LogP contribution >= 0.6 is 0 Å². The molecule has 0 aliphatic carbocycles. The van der Waals surface area contributed by atoms with Crippen molar-refractivity contribution in [2.75, 3.05) is 6.61 Å². The normalized spacial score (nSPS) is 9.83. The van der Waals surface area contributed by atoms with Crippen LogP contribution in [0.1, 0.15) is 18.9 Å². The van der Waals surface area contributed by atoms with Crippen molar-refractivity contribution in [3.05, 3.63) is 29.8 Å². The first-order valence-corrected chi connectivity index (χ1v) is 4.17. The van der Waals surface area contributed by atoms with E-state index in [1.165, 1.54) is 0 Å². The molecule has 0 unspecified atom stereocenters. The Morgan fingerprint density at radius 3 is 2.75 bits per heavy atom. The predicted octanol–water partition coefficient (Wildman–Crippen LogP) is 2.41. The van der Waals surface area contributed by atoms with Crippen molar-refractivity contribution in [1.29, 1.82) is 0 Å². The van der Waals surface area contributed by atoms with Gasteiger partial charge in [0, 0.05) is 5.56 Å². The fraction of sp³-hybridized carbons (Fsp3) is 0.400. The fourth-order valence-electron chi connectivity index (χ4n) is 0.976. The van der Waals surface area contributed by atoms with E-state index in [2.05, 4.69) is 0 Å². The van der Waals surface area contributed by atoms with Gasteiger partial charge >= 0.3 is 0 Å². The molecule has 0 spiro atoms. The predicted molar refractivity (Wildman–Crippen MR) is 46.6 cm³/mol. The van der Waals surface area contributed by atoms with Gasteiger partial charge in [-0.2, -0.15) is 0 Å². The van der Waals surface area contributed by atoms with Gasteiger partial charge < -0.3 is 4.74 Å². The van der Waals surface area contributed by atoms with Gasteiger partial charge in [0.25, 0.3) is 0 Å². The van der Waals surface area contributed by atoms with E-state index < -0.39 is 0 Å². The van der Waals surface area contributed by atoms with E-state index in [9.17, 15) is 5.11 Å². The minimum absolute atomic E-state index is 0.208. The lowest BCUT2D eigenvalue weighted by Gasteiger charge is -2.07. The first kappa shape index (κ1) is 9.07. The lowest BCUT2D eigenvalue weighted by Crippen LogP contribution is -1.97. The molecule has 0 aliphatic rings. The third-order valence-electron chi connectivity index (χ3n) is 1.59. The van der Waals surface area contributed by atoms with Crippen LogP contribution in [0.5, 0.6) is 5.75 Å². The van der Waals surface area contributed by atoms with Crippen molar-refractivity contribution in [2.45, 2.75) is 20.0 Å². The lowest BCUT2D eigenvalue weighted by atomic mass is 10.2. The van der Waals surface area contributed by atoms with E-state index in [-0.39, 0.29) is 6.61 Å². The molecule has 1 rings (SSSR count). The van der Waals surface area contributed by atoms with Crippen molar-refractivity contribution < 1.29 is 9.84 Å². The molecule has 1 radical (unpaired) electrons. The molecule has 0 aliphatic heterocycles. The molecular formula is C10H13O2. The van der Waals surface area contributed by atoms with Gasteiger partial charge in [-0.25, -0.2) is 5.11 Å². The maximum absolute atomic E-state index is 10.6. The first-order chi connectivity index (χ1) is 5.88. The molecule has 0 amide bonds. The Hall–Kier alpha value is -1.02. The maximum Gasteiger partial charge on any atom is 0.124 e. The van der Waals surface area contributed by atoms with Crippen LogP contribution in [0.2, 0.25) is 0 Å². The minimum Gasteiger partial charge on any atom is -0.493 e. The number of benzene rings is 1. The summed E-state index contributed by atoms with van der Waals surface area (Å²) in [5, 5.41) is 10.6. The number of hydrogen-bond donors (Lipinski definition) is 0. The molecule has 2 nitrogen and oxygen atoms in total. The smallest absolute Gasteiger partial charge is 0.124 e. The van der Waals surface area contributed by atoms with E-state index in [1.807, 2.05) is 25.1 Å². The summed E-state index contributed by atoms with van der Waals surface area (Å²) in [6.07, 6.45) is 0.965. The van der Waals surface area contributed by atoms with E-state index in [4.69, 9.17) is 4.74 Å². The Morgan fingerprint density at radius 1 is 1.33 bits per heavy atom. The quantitative estimate of drug-likeness (QED) is 0.673. The molecular weight excluding hydrogens is 152 g/mol. The molecule has 1 aromatic rings. The van der Waals surface area contributed by atoms with Gasteiger partial charge in [-0.1, -0.05) is 25.1 Å². The zero-order valence-corrected chi connectivity index (χ0v) is 7.25. The molecule has 0 atom stereocenters. The highest BCUT2D eigenvalue weighted by molar-refractivity contribution is 5.32. The van der Waals surface area contributed by atoms with E-state index in [0.717, 1.165) is 17.7 Å². The first-order valence-electron chi connectivity index (χ1n) is 4.17. The Balaban J connectivity index is 2.68. The van der Waals surface area contributed by atoms with E-state index in [0.29, 0.717) is 6.61 Å². The molecule has 0 saturated carbocycles. The average Bonchev–Trinajstić information content (AvgIpc) is 2.15. The number of hydrogen-bond acceptors (Lipinski definition) is 1. The van der Waals surface area contributed by atoms with Gasteiger partial charge in [0.15, 0.2) is 0 Å². The summed E-state index contributed by atoms with van der Waals surface area (Å²) < 4.78 is 5.38. The molecule has 65 valence electrons. The molecule has 1 aromatic carbocycles. The van der Waals surface area contributed by atoms with Crippen LogP contribution in [0.25, 0.3) is 0 Å². The van der Waals surface area contributed by atoms with Crippen molar-refractivity contribution in [1.82, 2.24) is 0 Å². The third kappa shape index (κ3) is 2.24. The molecule has 12 heavy (non-hydrogen) atoms. The number of ether oxygens (including phenoxy) is 1. The lowest BCUT2D eigenvalue weighted by molar-refractivity contribution is 0.172. The van der Waals surface area contributed by atoms with Gasteiger partial charge in [0.2, 0.25) is 0 Å². The molecule has 0 heterocycles. The fourth-order valence-corrected chi connectivity index (χ4v) is 0.976. The van der Waals surface area contributed by atoms with Crippen LogP contribution in [0.15, 0.2) is 24.3 Å². The molecule has 0 fully saturated rings. The second-order valence-corrected chi connectivity index (χ2v) is 2.60. The molecule has 0 bridgehead atoms. The second-order valence-electron chi connectivity index (χ2n) is 2.60. The minimum atomic E-state index is -0.208.